The molecule has 0 radical (unpaired) electrons. The number of nitrogens with one attached hydrogen (secondary N) is 1. The standard InChI is InChI=1S/C16H22BrN3O/c1-11(2)18-8-15-9-19-12(3)20(15)10-13-7-14(17)5-6-16(13)21-4/h5-7,9,11,18H,8,10H2,1-4H3. The molecule has 114 valence electrons. The molecule has 0 aliphatic carbocycles. The first-order valence-electron chi connectivity index (χ1n) is 7.08. The van der Waals surface area contributed by atoms with Crippen LogP contribution in [0.2, 0.25) is 0 Å². The van der Waals surface area contributed by atoms with Crippen molar-refractivity contribution in [3.05, 3.63) is 46.0 Å². The van der Waals surface area contributed by atoms with Crippen LogP contribution in [-0.2, 0) is 13.1 Å². The number of benzene rings is 1. The lowest BCUT2D eigenvalue weighted by Crippen LogP contribution is -2.23. The summed E-state index contributed by atoms with van der Waals surface area (Å²) in [6.07, 6.45) is 1.94. The summed E-state index contributed by atoms with van der Waals surface area (Å²) in [6, 6.07) is 6.52. The van der Waals surface area contributed by atoms with Gasteiger partial charge in [0.05, 0.1) is 19.3 Å². The van der Waals surface area contributed by atoms with E-state index >= 15 is 0 Å². The molecule has 0 bridgehead atoms. The number of aryl methyl sites for hydroxylation is 1. The normalized spacial score (nSPS) is 11.1. The Kier molecular flexibility index (Phi) is 5.42. The van der Waals surface area contributed by atoms with Crippen LogP contribution in [0, 0.1) is 6.92 Å². The predicted molar refractivity (Wildman–Crippen MR) is 88.7 cm³/mol. The predicted octanol–water partition coefficient (Wildman–Crippen LogP) is 3.51. The molecule has 4 nitrogen and oxygen atoms in total. The van der Waals surface area contributed by atoms with Crippen molar-refractivity contribution >= 4 is 15.9 Å². The number of imidazole rings is 1. The molecule has 1 aromatic heterocycles. The first kappa shape index (κ1) is 16.0. The van der Waals surface area contributed by atoms with Gasteiger partial charge in [-0.1, -0.05) is 29.8 Å². The minimum Gasteiger partial charge on any atom is -0.496 e. The van der Waals surface area contributed by atoms with Gasteiger partial charge in [-0.05, 0) is 25.1 Å². The highest BCUT2D eigenvalue weighted by molar-refractivity contribution is 9.10. The highest BCUT2D eigenvalue weighted by atomic mass is 79.9. The summed E-state index contributed by atoms with van der Waals surface area (Å²) in [7, 11) is 1.70. The second-order valence-electron chi connectivity index (χ2n) is 5.37. The second kappa shape index (κ2) is 7.09. The van der Waals surface area contributed by atoms with Crippen molar-refractivity contribution in [2.24, 2.45) is 0 Å². The lowest BCUT2D eigenvalue weighted by Gasteiger charge is -2.15. The zero-order valence-electron chi connectivity index (χ0n) is 13.0. The Morgan fingerprint density at radius 3 is 2.81 bits per heavy atom. The molecule has 0 aliphatic rings. The largest absolute Gasteiger partial charge is 0.496 e. The van der Waals surface area contributed by atoms with Crippen LogP contribution in [0.25, 0.3) is 0 Å². The molecule has 0 unspecified atom stereocenters. The van der Waals surface area contributed by atoms with E-state index in [-0.39, 0.29) is 0 Å². The third-order valence-electron chi connectivity index (χ3n) is 3.40. The van der Waals surface area contributed by atoms with Gasteiger partial charge >= 0.3 is 0 Å². The number of hydrogen-bond donors (Lipinski definition) is 1. The van der Waals surface area contributed by atoms with Gasteiger partial charge in [0.1, 0.15) is 11.6 Å². The SMILES string of the molecule is COc1ccc(Br)cc1Cn1c(CNC(C)C)cnc1C. The number of ether oxygens (including phenoxy) is 1. The number of nitrogens with zero attached hydrogens (tertiary/aromatic N) is 2. The maximum absolute atomic E-state index is 5.46. The summed E-state index contributed by atoms with van der Waals surface area (Å²) >= 11 is 3.52. The van der Waals surface area contributed by atoms with E-state index in [1.165, 1.54) is 5.69 Å². The van der Waals surface area contributed by atoms with E-state index in [0.29, 0.717) is 6.04 Å². The Morgan fingerprint density at radius 1 is 1.38 bits per heavy atom. The van der Waals surface area contributed by atoms with Crippen LogP contribution < -0.4 is 10.1 Å². The van der Waals surface area contributed by atoms with Gasteiger partial charge in [-0.25, -0.2) is 4.98 Å². The van der Waals surface area contributed by atoms with Crippen molar-refractivity contribution in [3.8, 4) is 5.75 Å². The summed E-state index contributed by atoms with van der Waals surface area (Å²) in [5.74, 6) is 1.91. The van der Waals surface area contributed by atoms with Gasteiger partial charge in [0.2, 0.25) is 0 Å². The van der Waals surface area contributed by atoms with Gasteiger partial charge in [-0.3, -0.25) is 0 Å². The summed E-state index contributed by atoms with van der Waals surface area (Å²) in [5, 5.41) is 3.44. The molecule has 21 heavy (non-hydrogen) atoms. The van der Waals surface area contributed by atoms with E-state index in [1.54, 1.807) is 7.11 Å². The molecule has 0 aliphatic heterocycles. The quantitative estimate of drug-likeness (QED) is 0.865. The van der Waals surface area contributed by atoms with E-state index in [9.17, 15) is 0 Å². The van der Waals surface area contributed by atoms with Gasteiger partial charge in [0, 0.05) is 28.8 Å². The zero-order valence-corrected chi connectivity index (χ0v) is 14.6. The van der Waals surface area contributed by atoms with Crippen LogP contribution in [0.15, 0.2) is 28.9 Å². The highest BCUT2D eigenvalue weighted by Crippen LogP contribution is 2.24. The Bertz CT molecular complexity index is 608. The van der Waals surface area contributed by atoms with Crippen LogP contribution in [0.3, 0.4) is 0 Å². The van der Waals surface area contributed by atoms with Crippen molar-refractivity contribution in [1.29, 1.82) is 0 Å². The third kappa shape index (κ3) is 4.08. The lowest BCUT2D eigenvalue weighted by atomic mass is 10.2. The summed E-state index contributed by atoms with van der Waals surface area (Å²) in [6.45, 7) is 7.89. The van der Waals surface area contributed by atoms with E-state index in [0.717, 1.165) is 34.7 Å². The summed E-state index contributed by atoms with van der Waals surface area (Å²) < 4.78 is 8.73. The second-order valence-corrected chi connectivity index (χ2v) is 6.29. The molecule has 2 aromatic rings. The van der Waals surface area contributed by atoms with E-state index in [1.807, 2.05) is 25.3 Å². The van der Waals surface area contributed by atoms with Gasteiger partial charge in [0.15, 0.2) is 0 Å². The van der Waals surface area contributed by atoms with Crippen LogP contribution in [0.4, 0.5) is 0 Å². The van der Waals surface area contributed by atoms with Gasteiger partial charge in [-0.2, -0.15) is 0 Å². The number of aromatic nitrogens is 2. The maximum Gasteiger partial charge on any atom is 0.123 e. The minimum absolute atomic E-state index is 0.453. The van der Waals surface area contributed by atoms with Gasteiger partial charge < -0.3 is 14.6 Å². The molecular weight excluding hydrogens is 330 g/mol. The van der Waals surface area contributed by atoms with Crippen LogP contribution in [0.1, 0.15) is 30.9 Å². The molecule has 0 spiro atoms. The Balaban J connectivity index is 2.27. The van der Waals surface area contributed by atoms with Crippen LogP contribution in [-0.4, -0.2) is 22.7 Å². The van der Waals surface area contributed by atoms with Crippen LogP contribution in [0.5, 0.6) is 5.75 Å². The smallest absolute Gasteiger partial charge is 0.123 e. The number of rotatable bonds is 6. The van der Waals surface area contributed by atoms with Crippen LogP contribution >= 0.6 is 15.9 Å². The Labute approximate surface area is 134 Å². The van der Waals surface area contributed by atoms with E-state index in [2.05, 4.69) is 50.7 Å². The third-order valence-corrected chi connectivity index (χ3v) is 3.89. The topological polar surface area (TPSA) is 39.1 Å². The fourth-order valence-electron chi connectivity index (χ4n) is 2.22. The highest BCUT2D eigenvalue weighted by Gasteiger charge is 2.11. The molecule has 0 fully saturated rings. The van der Waals surface area contributed by atoms with Crippen molar-refractivity contribution < 1.29 is 4.74 Å². The number of methoxy groups -OCH3 is 1. The molecule has 0 saturated carbocycles. The number of hydrogen-bond acceptors (Lipinski definition) is 3. The van der Waals surface area contributed by atoms with Gasteiger partial charge in [0.25, 0.3) is 0 Å². The fraction of sp³-hybridized carbons (Fsp3) is 0.438. The number of halogens is 1. The molecule has 5 heteroatoms. The first-order valence-corrected chi connectivity index (χ1v) is 7.87. The van der Waals surface area contributed by atoms with Crippen molar-refractivity contribution in [1.82, 2.24) is 14.9 Å². The lowest BCUT2D eigenvalue weighted by molar-refractivity contribution is 0.407. The summed E-state index contributed by atoms with van der Waals surface area (Å²) in [4.78, 5) is 4.44. The van der Waals surface area contributed by atoms with E-state index < -0.39 is 0 Å². The molecule has 0 atom stereocenters. The molecular formula is C16H22BrN3O. The molecule has 1 aromatic carbocycles. The molecule has 0 amide bonds. The first-order chi connectivity index (χ1) is 10.0. The molecule has 0 saturated heterocycles. The van der Waals surface area contributed by atoms with Crippen molar-refractivity contribution in [2.45, 2.75) is 39.9 Å². The minimum atomic E-state index is 0.453. The Morgan fingerprint density at radius 2 is 2.14 bits per heavy atom. The molecule has 1 N–H and O–H groups in total. The molecule has 2 rings (SSSR count). The van der Waals surface area contributed by atoms with Crippen molar-refractivity contribution in [3.63, 3.8) is 0 Å². The van der Waals surface area contributed by atoms with Gasteiger partial charge in [-0.15, -0.1) is 0 Å². The molecule has 1 heterocycles. The summed E-state index contributed by atoms with van der Waals surface area (Å²) in [5.41, 5.74) is 2.32. The zero-order chi connectivity index (χ0) is 15.4. The monoisotopic (exact) mass is 351 g/mol. The van der Waals surface area contributed by atoms with Crippen molar-refractivity contribution in [2.75, 3.05) is 7.11 Å². The van der Waals surface area contributed by atoms with E-state index in [4.69, 9.17) is 4.74 Å². The Hall–Kier alpha value is -1.33. The average molecular weight is 352 g/mol. The maximum atomic E-state index is 5.46. The fourth-order valence-corrected chi connectivity index (χ4v) is 2.63. The average Bonchev–Trinajstić information content (AvgIpc) is 2.78.